The average molecular weight is 226 g/mol. The summed E-state index contributed by atoms with van der Waals surface area (Å²) in [5.41, 5.74) is 0. The third-order valence-corrected chi connectivity index (χ3v) is 3.95. The lowest BCUT2D eigenvalue weighted by Gasteiger charge is -2.37. The first-order valence-electron chi connectivity index (χ1n) is 6.83. The smallest absolute Gasteiger partial charge is 0.0698 e. The largest absolute Gasteiger partial charge is 0.380 e. The number of nitrogens with one attached hydrogen (secondary N) is 1. The molecule has 0 aromatic heterocycles. The van der Waals surface area contributed by atoms with E-state index in [4.69, 9.17) is 4.74 Å². The van der Waals surface area contributed by atoms with Gasteiger partial charge < -0.3 is 10.1 Å². The molecule has 2 rings (SSSR count). The molecule has 0 aromatic carbocycles. The molecule has 2 fully saturated rings. The Hall–Kier alpha value is -0.120. The molecular formula is C13H26N2O. The number of rotatable bonds is 6. The van der Waals surface area contributed by atoms with Gasteiger partial charge in [0.1, 0.15) is 0 Å². The van der Waals surface area contributed by atoms with Crippen molar-refractivity contribution in [2.24, 2.45) is 0 Å². The molecule has 1 aliphatic carbocycles. The van der Waals surface area contributed by atoms with E-state index in [9.17, 15) is 0 Å². The van der Waals surface area contributed by atoms with E-state index in [1.54, 1.807) is 0 Å². The van der Waals surface area contributed by atoms with Gasteiger partial charge in [0.25, 0.3) is 0 Å². The Morgan fingerprint density at radius 2 is 2.19 bits per heavy atom. The summed E-state index contributed by atoms with van der Waals surface area (Å²) in [4.78, 5) is 2.62. The van der Waals surface area contributed by atoms with Crippen LogP contribution in [0.3, 0.4) is 0 Å². The van der Waals surface area contributed by atoms with E-state index in [1.807, 2.05) is 7.11 Å². The second-order valence-corrected chi connectivity index (χ2v) is 5.24. The van der Waals surface area contributed by atoms with Crippen molar-refractivity contribution in [1.29, 1.82) is 0 Å². The number of nitrogens with zero attached hydrogens (tertiary/aromatic N) is 1. The van der Waals surface area contributed by atoms with Crippen molar-refractivity contribution in [3.05, 3.63) is 0 Å². The van der Waals surface area contributed by atoms with Gasteiger partial charge in [-0.05, 0) is 38.6 Å². The number of piperidine rings is 1. The second kappa shape index (κ2) is 5.99. The Bertz CT molecular complexity index is 206. The van der Waals surface area contributed by atoms with Gasteiger partial charge in [0.05, 0.1) is 6.10 Å². The molecule has 0 amide bonds. The van der Waals surface area contributed by atoms with Gasteiger partial charge in [0, 0.05) is 32.3 Å². The third-order valence-electron chi connectivity index (χ3n) is 3.95. The zero-order chi connectivity index (χ0) is 11.4. The molecule has 16 heavy (non-hydrogen) atoms. The van der Waals surface area contributed by atoms with Crippen molar-refractivity contribution >= 4 is 0 Å². The summed E-state index contributed by atoms with van der Waals surface area (Å²) in [7, 11) is 1.84. The summed E-state index contributed by atoms with van der Waals surface area (Å²) < 4.78 is 5.49. The van der Waals surface area contributed by atoms with Gasteiger partial charge in [-0.1, -0.05) is 6.92 Å². The van der Waals surface area contributed by atoms with E-state index >= 15 is 0 Å². The van der Waals surface area contributed by atoms with Crippen LogP contribution < -0.4 is 5.32 Å². The summed E-state index contributed by atoms with van der Waals surface area (Å²) in [6.07, 6.45) is 7.01. The fourth-order valence-corrected chi connectivity index (χ4v) is 2.61. The van der Waals surface area contributed by atoms with Crippen LogP contribution in [0.25, 0.3) is 0 Å². The van der Waals surface area contributed by atoms with Crippen LogP contribution >= 0.6 is 0 Å². The molecule has 0 aromatic rings. The number of methoxy groups -OCH3 is 1. The highest BCUT2D eigenvalue weighted by atomic mass is 16.5. The van der Waals surface area contributed by atoms with E-state index in [0.717, 1.165) is 19.1 Å². The van der Waals surface area contributed by atoms with E-state index in [0.29, 0.717) is 12.1 Å². The highest BCUT2D eigenvalue weighted by Gasteiger charge is 2.27. The fraction of sp³-hybridized carbons (Fsp3) is 1.00. The van der Waals surface area contributed by atoms with Crippen LogP contribution in [-0.2, 0) is 4.74 Å². The minimum atomic E-state index is 0.462. The van der Waals surface area contributed by atoms with Crippen molar-refractivity contribution in [2.75, 3.05) is 26.7 Å². The maximum Gasteiger partial charge on any atom is 0.0698 e. The van der Waals surface area contributed by atoms with Gasteiger partial charge in [-0.15, -0.1) is 0 Å². The third kappa shape index (κ3) is 3.44. The second-order valence-electron chi connectivity index (χ2n) is 5.24. The molecule has 3 nitrogen and oxygen atoms in total. The van der Waals surface area contributed by atoms with Crippen molar-refractivity contribution in [2.45, 2.75) is 57.2 Å². The fourth-order valence-electron chi connectivity index (χ4n) is 2.61. The average Bonchev–Trinajstić information content (AvgIpc) is 3.14. The van der Waals surface area contributed by atoms with Crippen LogP contribution in [0.4, 0.5) is 0 Å². The quantitative estimate of drug-likeness (QED) is 0.745. The minimum absolute atomic E-state index is 0.462. The van der Waals surface area contributed by atoms with Crippen molar-refractivity contribution in [3.8, 4) is 0 Å². The van der Waals surface area contributed by atoms with Crippen LogP contribution in [0, 0.1) is 0 Å². The predicted octanol–water partition coefficient (Wildman–Crippen LogP) is 1.63. The van der Waals surface area contributed by atoms with Crippen LogP contribution in [-0.4, -0.2) is 49.8 Å². The molecule has 1 aliphatic heterocycles. The number of hydrogen-bond acceptors (Lipinski definition) is 3. The molecule has 1 saturated heterocycles. The molecule has 0 radical (unpaired) electrons. The number of ether oxygens (including phenoxy) is 1. The van der Waals surface area contributed by atoms with Crippen molar-refractivity contribution in [1.82, 2.24) is 10.2 Å². The van der Waals surface area contributed by atoms with Crippen molar-refractivity contribution in [3.63, 3.8) is 0 Å². The van der Waals surface area contributed by atoms with Crippen LogP contribution in [0.1, 0.15) is 39.0 Å². The molecular weight excluding hydrogens is 200 g/mol. The van der Waals surface area contributed by atoms with E-state index in [1.165, 1.54) is 38.6 Å². The van der Waals surface area contributed by atoms with Gasteiger partial charge in [0.2, 0.25) is 0 Å². The zero-order valence-corrected chi connectivity index (χ0v) is 10.7. The number of likely N-dealkylation sites (tertiary alicyclic amines) is 1. The summed E-state index contributed by atoms with van der Waals surface area (Å²) in [6, 6.07) is 1.54. The van der Waals surface area contributed by atoms with Gasteiger partial charge in [-0.3, -0.25) is 4.90 Å². The van der Waals surface area contributed by atoms with Crippen LogP contribution in [0.5, 0.6) is 0 Å². The molecule has 3 heteroatoms. The lowest BCUT2D eigenvalue weighted by Crippen LogP contribution is -2.49. The maximum atomic E-state index is 5.49. The van der Waals surface area contributed by atoms with Gasteiger partial charge in [-0.2, -0.15) is 0 Å². The Kier molecular flexibility index (Phi) is 4.62. The SMILES string of the molecule is CCC(CNC1CC1)N1CCCC(OC)C1. The first-order chi connectivity index (χ1) is 7.83. The van der Waals surface area contributed by atoms with Crippen LogP contribution in [0.15, 0.2) is 0 Å². The standard InChI is InChI=1S/C13H26N2O/c1-3-12(9-14-11-6-7-11)15-8-4-5-13(10-15)16-2/h11-14H,3-10H2,1-2H3. The van der Waals surface area contributed by atoms with Crippen LogP contribution in [0.2, 0.25) is 0 Å². The molecule has 0 spiro atoms. The van der Waals surface area contributed by atoms with Gasteiger partial charge in [0.15, 0.2) is 0 Å². The Morgan fingerprint density at radius 3 is 2.81 bits per heavy atom. The van der Waals surface area contributed by atoms with Crippen molar-refractivity contribution < 1.29 is 4.74 Å². The maximum absolute atomic E-state index is 5.49. The summed E-state index contributed by atoms with van der Waals surface area (Å²) >= 11 is 0. The normalized spacial score (nSPS) is 29.2. The Morgan fingerprint density at radius 1 is 1.38 bits per heavy atom. The molecule has 1 heterocycles. The molecule has 0 bridgehead atoms. The molecule has 1 saturated carbocycles. The molecule has 1 N–H and O–H groups in total. The molecule has 2 aliphatic rings. The predicted molar refractivity (Wildman–Crippen MR) is 66.7 cm³/mol. The Balaban J connectivity index is 1.76. The highest BCUT2D eigenvalue weighted by molar-refractivity contribution is 4.85. The number of hydrogen-bond donors (Lipinski definition) is 1. The van der Waals surface area contributed by atoms with Gasteiger partial charge >= 0.3 is 0 Å². The first kappa shape index (κ1) is 12.3. The summed E-state index contributed by atoms with van der Waals surface area (Å²) in [5, 5.41) is 3.66. The first-order valence-corrected chi connectivity index (χ1v) is 6.83. The molecule has 2 atom stereocenters. The summed E-state index contributed by atoms with van der Waals surface area (Å²) in [5.74, 6) is 0. The zero-order valence-electron chi connectivity index (χ0n) is 10.7. The lowest BCUT2D eigenvalue weighted by molar-refractivity contribution is 0.0138. The molecule has 2 unspecified atom stereocenters. The lowest BCUT2D eigenvalue weighted by atomic mass is 10.0. The van der Waals surface area contributed by atoms with E-state index in [-0.39, 0.29) is 0 Å². The summed E-state index contributed by atoms with van der Waals surface area (Å²) in [6.45, 7) is 5.85. The highest BCUT2D eigenvalue weighted by Crippen LogP contribution is 2.20. The van der Waals surface area contributed by atoms with E-state index in [2.05, 4.69) is 17.1 Å². The van der Waals surface area contributed by atoms with E-state index < -0.39 is 0 Å². The monoisotopic (exact) mass is 226 g/mol. The van der Waals surface area contributed by atoms with Gasteiger partial charge in [-0.25, -0.2) is 0 Å². The topological polar surface area (TPSA) is 24.5 Å². The molecule has 94 valence electrons. The Labute approximate surface area is 99.5 Å². The minimum Gasteiger partial charge on any atom is -0.380 e.